The van der Waals surface area contributed by atoms with E-state index in [0.29, 0.717) is 12.1 Å². The van der Waals surface area contributed by atoms with Gasteiger partial charge in [-0.3, -0.25) is 5.41 Å². The molecule has 0 saturated carbocycles. The number of halogens is 1. The van der Waals surface area contributed by atoms with Gasteiger partial charge in [-0.2, -0.15) is 0 Å². The van der Waals surface area contributed by atoms with Crippen molar-refractivity contribution in [1.82, 2.24) is 4.98 Å². The quantitative estimate of drug-likeness (QED) is 0.665. The maximum atomic E-state index is 7.44. The van der Waals surface area contributed by atoms with Gasteiger partial charge in [0.25, 0.3) is 0 Å². The van der Waals surface area contributed by atoms with Gasteiger partial charge in [-0.1, -0.05) is 29.8 Å². The Balaban J connectivity index is 2.20. The molecule has 98 valence electrons. The van der Waals surface area contributed by atoms with Crippen molar-refractivity contribution in [3.8, 4) is 0 Å². The van der Waals surface area contributed by atoms with Crippen molar-refractivity contribution < 1.29 is 0 Å². The molecule has 0 fully saturated rings. The summed E-state index contributed by atoms with van der Waals surface area (Å²) in [7, 11) is 1.93. The molecule has 0 aliphatic heterocycles. The molecule has 1 aromatic carbocycles. The van der Waals surface area contributed by atoms with E-state index in [1.807, 2.05) is 36.2 Å². The Labute approximate surface area is 117 Å². The van der Waals surface area contributed by atoms with E-state index in [1.165, 1.54) is 0 Å². The summed E-state index contributed by atoms with van der Waals surface area (Å²) >= 11 is 6.14. The zero-order chi connectivity index (χ0) is 13.8. The number of pyridine rings is 1. The molecule has 0 aliphatic carbocycles. The number of hydrogen-bond acceptors (Lipinski definition) is 3. The van der Waals surface area contributed by atoms with Crippen LogP contribution in [0.25, 0.3) is 0 Å². The Bertz CT molecular complexity index is 598. The third-order valence-corrected chi connectivity index (χ3v) is 3.18. The first kappa shape index (κ1) is 13.4. The molecule has 0 amide bonds. The molecule has 0 spiro atoms. The van der Waals surface area contributed by atoms with Crippen LogP contribution in [0.2, 0.25) is 5.02 Å². The molecule has 0 saturated heterocycles. The summed E-state index contributed by atoms with van der Waals surface area (Å²) in [5.74, 6) is 0.794. The molecule has 3 N–H and O–H groups in total. The van der Waals surface area contributed by atoms with Crippen LogP contribution in [0, 0.1) is 5.41 Å². The average molecular weight is 275 g/mol. The number of amidine groups is 1. The molecule has 0 atom stereocenters. The third kappa shape index (κ3) is 3.23. The molecule has 0 bridgehead atoms. The normalized spacial score (nSPS) is 10.2. The van der Waals surface area contributed by atoms with Gasteiger partial charge in [-0.05, 0) is 23.8 Å². The lowest BCUT2D eigenvalue weighted by atomic mass is 10.2. The van der Waals surface area contributed by atoms with E-state index in [1.54, 1.807) is 18.3 Å². The van der Waals surface area contributed by atoms with E-state index in [2.05, 4.69) is 4.98 Å². The maximum absolute atomic E-state index is 7.44. The van der Waals surface area contributed by atoms with Crippen LogP contribution in [-0.2, 0) is 6.54 Å². The minimum atomic E-state index is 0.0368. The highest BCUT2D eigenvalue weighted by molar-refractivity contribution is 6.31. The molecule has 1 heterocycles. The molecule has 19 heavy (non-hydrogen) atoms. The highest BCUT2D eigenvalue weighted by Gasteiger charge is 2.07. The van der Waals surface area contributed by atoms with Crippen molar-refractivity contribution in [1.29, 1.82) is 5.41 Å². The first-order chi connectivity index (χ1) is 9.08. The smallest absolute Gasteiger partial charge is 0.129 e. The molecule has 0 radical (unpaired) electrons. The summed E-state index contributed by atoms with van der Waals surface area (Å²) in [6.07, 6.45) is 1.65. The van der Waals surface area contributed by atoms with Crippen LogP contribution in [0.5, 0.6) is 0 Å². The summed E-state index contributed by atoms with van der Waals surface area (Å²) in [6, 6.07) is 11.2. The molecule has 5 heteroatoms. The van der Waals surface area contributed by atoms with Crippen molar-refractivity contribution in [2.75, 3.05) is 11.9 Å². The number of nitrogens with two attached hydrogens (primary N) is 1. The third-order valence-electron chi connectivity index (χ3n) is 2.81. The molecule has 0 aliphatic rings. The average Bonchev–Trinajstić information content (AvgIpc) is 2.41. The van der Waals surface area contributed by atoms with Gasteiger partial charge in [0.05, 0.1) is 0 Å². The van der Waals surface area contributed by atoms with E-state index in [4.69, 9.17) is 22.7 Å². The Morgan fingerprint density at radius 2 is 2.11 bits per heavy atom. The van der Waals surface area contributed by atoms with E-state index in [9.17, 15) is 0 Å². The van der Waals surface area contributed by atoms with Crippen LogP contribution >= 0.6 is 11.6 Å². The summed E-state index contributed by atoms with van der Waals surface area (Å²) in [6.45, 7) is 0.647. The van der Waals surface area contributed by atoms with Crippen LogP contribution in [0.15, 0.2) is 42.6 Å². The topological polar surface area (TPSA) is 66.0 Å². The minimum Gasteiger partial charge on any atom is -0.384 e. The van der Waals surface area contributed by atoms with Gasteiger partial charge in [-0.25, -0.2) is 4.98 Å². The number of anilines is 1. The van der Waals surface area contributed by atoms with E-state index in [0.717, 1.165) is 16.4 Å². The standard InChI is InChI=1S/C14H15ClN4/c1-19(9-11-4-2-3-5-12(11)15)13-8-10(14(16)17)6-7-18-13/h2-8H,9H2,1H3,(H3,16,17). The van der Waals surface area contributed by atoms with Crippen LogP contribution in [0.1, 0.15) is 11.1 Å². The molecule has 2 aromatic rings. The fraction of sp³-hybridized carbons (Fsp3) is 0.143. The van der Waals surface area contributed by atoms with Crippen LogP contribution in [0.3, 0.4) is 0 Å². The monoisotopic (exact) mass is 274 g/mol. The fourth-order valence-electron chi connectivity index (χ4n) is 1.76. The second-order valence-electron chi connectivity index (χ2n) is 4.26. The van der Waals surface area contributed by atoms with Gasteiger partial charge in [0, 0.05) is 30.4 Å². The predicted octanol–water partition coefficient (Wildman–Crippen LogP) is 2.66. The first-order valence-electron chi connectivity index (χ1n) is 5.83. The number of benzene rings is 1. The number of aromatic nitrogens is 1. The van der Waals surface area contributed by atoms with E-state index in [-0.39, 0.29) is 5.84 Å². The Morgan fingerprint density at radius 3 is 2.79 bits per heavy atom. The van der Waals surface area contributed by atoms with Crippen LogP contribution < -0.4 is 10.6 Å². The Hall–Kier alpha value is -2.07. The SMILES string of the molecule is CN(Cc1ccccc1Cl)c1cc(C(=N)N)ccn1. The second-order valence-corrected chi connectivity index (χ2v) is 4.67. The van der Waals surface area contributed by atoms with Crippen molar-refractivity contribution in [2.24, 2.45) is 5.73 Å². The molecular formula is C14H15ClN4. The highest BCUT2D eigenvalue weighted by Crippen LogP contribution is 2.19. The number of hydrogen-bond donors (Lipinski definition) is 2. The van der Waals surface area contributed by atoms with Gasteiger partial charge in [0.1, 0.15) is 11.7 Å². The molecule has 4 nitrogen and oxygen atoms in total. The Kier molecular flexibility index (Phi) is 4.02. The maximum Gasteiger partial charge on any atom is 0.129 e. The molecule has 1 aromatic heterocycles. The lowest BCUT2D eigenvalue weighted by Crippen LogP contribution is -2.19. The number of nitrogen functional groups attached to an aromatic ring is 1. The zero-order valence-electron chi connectivity index (χ0n) is 10.6. The van der Waals surface area contributed by atoms with Crippen molar-refractivity contribution in [3.63, 3.8) is 0 Å². The molecular weight excluding hydrogens is 260 g/mol. The molecule has 2 rings (SSSR count). The summed E-state index contributed by atoms with van der Waals surface area (Å²) in [5, 5.41) is 8.17. The fourth-order valence-corrected chi connectivity index (χ4v) is 1.95. The lowest BCUT2D eigenvalue weighted by Gasteiger charge is -2.19. The number of rotatable bonds is 4. The predicted molar refractivity (Wildman–Crippen MR) is 78.8 cm³/mol. The largest absolute Gasteiger partial charge is 0.384 e. The summed E-state index contributed by atoms with van der Waals surface area (Å²) in [4.78, 5) is 6.24. The highest BCUT2D eigenvalue weighted by atomic mass is 35.5. The summed E-state index contributed by atoms with van der Waals surface area (Å²) < 4.78 is 0. The zero-order valence-corrected chi connectivity index (χ0v) is 11.4. The van der Waals surface area contributed by atoms with Crippen molar-refractivity contribution in [3.05, 3.63) is 58.7 Å². The first-order valence-corrected chi connectivity index (χ1v) is 6.20. The summed E-state index contributed by atoms with van der Waals surface area (Å²) in [5.41, 5.74) is 7.17. The second kappa shape index (κ2) is 5.71. The number of nitrogens with one attached hydrogen (secondary N) is 1. The van der Waals surface area contributed by atoms with Crippen LogP contribution in [-0.4, -0.2) is 17.9 Å². The minimum absolute atomic E-state index is 0.0368. The molecule has 0 unspecified atom stereocenters. The van der Waals surface area contributed by atoms with E-state index < -0.39 is 0 Å². The van der Waals surface area contributed by atoms with Crippen molar-refractivity contribution >= 4 is 23.3 Å². The van der Waals surface area contributed by atoms with Gasteiger partial charge < -0.3 is 10.6 Å². The van der Waals surface area contributed by atoms with Gasteiger partial charge >= 0.3 is 0 Å². The van der Waals surface area contributed by atoms with Gasteiger partial charge in [0.2, 0.25) is 0 Å². The van der Waals surface area contributed by atoms with Crippen LogP contribution in [0.4, 0.5) is 5.82 Å². The lowest BCUT2D eigenvalue weighted by molar-refractivity contribution is 0.898. The van der Waals surface area contributed by atoms with Gasteiger partial charge in [-0.15, -0.1) is 0 Å². The van der Waals surface area contributed by atoms with Crippen molar-refractivity contribution in [2.45, 2.75) is 6.54 Å². The van der Waals surface area contributed by atoms with Gasteiger partial charge in [0.15, 0.2) is 0 Å². The number of nitrogens with zero attached hydrogens (tertiary/aromatic N) is 2. The van der Waals surface area contributed by atoms with E-state index >= 15 is 0 Å². The Morgan fingerprint density at radius 1 is 1.37 bits per heavy atom.